The van der Waals surface area contributed by atoms with E-state index in [1.54, 1.807) is 16.2 Å². The summed E-state index contributed by atoms with van der Waals surface area (Å²) in [7, 11) is -2.97. The van der Waals surface area contributed by atoms with E-state index in [4.69, 9.17) is 0 Å². The zero-order valence-corrected chi connectivity index (χ0v) is 16.1. The molecule has 1 unspecified atom stereocenters. The summed E-state index contributed by atoms with van der Waals surface area (Å²) in [6.45, 7) is 2.66. The molecule has 5 nitrogen and oxygen atoms in total. The van der Waals surface area contributed by atoms with Crippen LogP contribution in [0.25, 0.3) is 10.2 Å². The standard InChI is InChI=1S/C18H24N2O3S2/c1-2-11-20(14-10-12-25(22,23)13-14)18(21)9-5-8-17-19-15-6-3-4-7-16(15)24-17/h3-4,6-7,14H,2,5,8-13H2,1H3. The lowest BCUT2D eigenvalue weighted by Gasteiger charge is -2.28. The summed E-state index contributed by atoms with van der Waals surface area (Å²) < 4.78 is 24.6. The topological polar surface area (TPSA) is 67.3 Å². The summed E-state index contributed by atoms with van der Waals surface area (Å²) in [4.78, 5) is 19.0. The first kappa shape index (κ1) is 18.3. The molecule has 1 aliphatic rings. The van der Waals surface area contributed by atoms with Gasteiger partial charge in [-0.25, -0.2) is 13.4 Å². The second-order valence-corrected chi connectivity index (χ2v) is 9.92. The number of para-hydroxylation sites is 1. The van der Waals surface area contributed by atoms with Gasteiger partial charge in [-0.1, -0.05) is 19.1 Å². The van der Waals surface area contributed by atoms with Gasteiger partial charge in [0.15, 0.2) is 9.84 Å². The molecule has 0 bridgehead atoms. The van der Waals surface area contributed by atoms with Crippen molar-refractivity contribution in [2.75, 3.05) is 18.1 Å². The Labute approximate surface area is 153 Å². The Morgan fingerprint density at radius 2 is 2.16 bits per heavy atom. The van der Waals surface area contributed by atoms with Crippen LogP contribution < -0.4 is 0 Å². The predicted octanol–water partition coefficient (Wildman–Crippen LogP) is 3.04. The Kier molecular flexibility index (Phi) is 5.74. The van der Waals surface area contributed by atoms with E-state index in [1.807, 2.05) is 25.1 Å². The Bertz CT molecular complexity index is 812. The van der Waals surface area contributed by atoms with E-state index < -0.39 is 9.84 Å². The van der Waals surface area contributed by atoms with Crippen molar-refractivity contribution in [3.05, 3.63) is 29.3 Å². The minimum Gasteiger partial charge on any atom is -0.339 e. The van der Waals surface area contributed by atoms with Gasteiger partial charge in [-0.3, -0.25) is 4.79 Å². The molecule has 0 saturated carbocycles. The first-order valence-electron chi connectivity index (χ1n) is 8.83. The number of carbonyl (C=O) groups is 1. The quantitative estimate of drug-likeness (QED) is 0.740. The number of fused-ring (bicyclic) bond motifs is 1. The van der Waals surface area contributed by atoms with Gasteiger partial charge >= 0.3 is 0 Å². The fraction of sp³-hybridized carbons (Fsp3) is 0.556. The van der Waals surface area contributed by atoms with Crippen LogP contribution in [0.15, 0.2) is 24.3 Å². The van der Waals surface area contributed by atoms with E-state index in [1.165, 1.54) is 4.70 Å². The number of aromatic nitrogens is 1. The van der Waals surface area contributed by atoms with Gasteiger partial charge in [0.2, 0.25) is 5.91 Å². The first-order chi connectivity index (χ1) is 12.0. The Balaban J connectivity index is 1.56. The number of hydrogen-bond donors (Lipinski definition) is 0. The van der Waals surface area contributed by atoms with Crippen molar-refractivity contribution >= 4 is 37.3 Å². The zero-order chi connectivity index (χ0) is 17.9. The molecule has 1 amide bonds. The van der Waals surface area contributed by atoms with Gasteiger partial charge in [-0.05, 0) is 37.8 Å². The Morgan fingerprint density at radius 3 is 2.84 bits per heavy atom. The molecule has 2 heterocycles. The number of aryl methyl sites for hydroxylation is 1. The highest BCUT2D eigenvalue weighted by Gasteiger charge is 2.33. The van der Waals surface area contributed by atoms with E-state index >= 15 is 0 Å². The number of rotatable bonds is 7. The maximum Gasteiger partial charge on any atom is 0.222 e. The van der Waals surface area contributed by atoms with E-state index in [2.05, 4.69) is 11.1 Å². The second-order valence-electron chi connectivity index (χ2n) is 6.57. The van der Waals surface area contributed by atoms with Gasteiger partial charge in [0.05, 0.1) is 26.7 Å². The summed E-state index contributed by atoms with van der Waals surface area (Å²) in [6.07, 6.45) is 3.41. The molecule has 1 fully saturated rings. The molecule has 25 heavy (non-hydrogen) atoms. The molecule has 1 aromatic carbocycles. The molecule has 2 aromatic rings. The third-order valence-electron chi connectivity index (χ3n) is 4.55. The van der Waals surface area contributed by atoms with Gasteiger partial charge in [-0.2, -0.15) is 0 Å². The molecule has 0 spiro atoms. The van der Waals surface area contributed by atoms with E-state index in [0.717, 1.165) is 29.8 Å². The van der Waals surface area contributed by atoms with Crippen molar-refractivity contribution in [2.45, 2.75) is 45.1 Å². The minimum atomic E-state index is -2.97. The van der Waals surface area contributed by atoms with Gasteiger partial charge < -0.3 is 4.90 Å². The number of thiazole rings is 1. The highest BCUT2D eigenvalue weighted by atomic mass is 32.2. The average molecular weight is 381 g/mol. The van der Waals surface area contributed by atoms with Crippen molar-refractivity contribution in [1.82, 2.24) is 9.88 Å². The molecule has 1 saturated heterocycles. The summed E-state index contributed by atoms with van der Waals surface area (Å²) in [6, 6.07) is 7.91. The lowest BCUT2D eigenvalue weighted by atomic mass is 10.1. The lowest BCUT2D eigenvalue weighted by molar-refractivity contribution is -0.133. The monoisotopic (exact) mass is 380 g/mol. The number of sulfone groups is 1. The van der Waals surface area contributed by atoms with Gasteiger partial charge in [0, 0.05) is 19.0 Å². The lowest BCUT2D eigenvalue weighted by Crippen LogP contribution is -2.41. The second kappa shape index (κ2) is 7.83. The molecular weight excluding hydrogens is 356 g/mol. The summed E-state index contributed by atoms with van der Waals surface area (Å²) in [5.41, 5.74) is 1.01. The number of nitrogens with zero attached hydrogens (tertiary/aromatic N) is 2. The fourth-order valence-electron chi connectivity index (χ4n) is 3.33. The van der Waals surface area contributed by atoms with Crippen molar-refractivity contribution in [3.8, 4) is 0 Å². The van der Waals surface area contributed by atoms with Crippen LogP contribution in [0.4, 0.5) is 0 Å². The van der Waals surface area contributed by atoms with E-state index in [9.17, 15) is 13.2 Å². The van der Waals surface area contributed by atoms with Crippen molar-refractivity contribution in [3.63, 3.8) is 0 Å². The molecule has 7 heteroatoms. The third kappa shape index (κ3) is 4.58. The smallest absolute Gasteiger partial charge is 0.222 e. The van der Waals surface area contributed by atoms with Gasteiger partial charge in [0.25, 0.3) is 0 Å². The average Bonchev–Trinajstić information content (AvgIpc) is 3.14. The molecule has 0 N–H and O–H groups in total. The fourth-order valence-corrected chi connectivity index (χ4v) is 6.07. The Morgan fingerprint density at radius 1 is 1.36 bits per heavy atom. The van der Waals surface area contributed by atoms with Crippen molar-refractivity contribution < 1.29 is 13.2 Å². The minimum absolute atomic E-state index is 0.0741. The third-order valence-corrected chi connectivity index (χ3v) is 7.40. The van der Waals surface area contributed by atoms with Crippen LogP contribution in [0.5, 0.6) is 0 Å². The molecular formula is C18H24N2O3S2. The number of benzene rings is 1. The van der Waals surface area contributed by atoms with Crippen LogP contribution in [0.3, 0.4) is 0 Å². The van der Waals surface area contributed by atoms with E-state index in [-0.39, 0.29) is 23.5 Å². The SMILES string of the molecule is CCCN(C(=O)CCCc1nc2ccccc2s1)C1CCS(=O)(=O)C1. The van der Waals surface area contributed by atoms with Crippen molar-refractivity contribution in [1.29, 1.82) is 0 Å². The van der Waals surface area contributed by atoms with Gasteiger partial charge in [0.1, 0.15) is 0 Å². The molecule has 1 aliphatic heterocycles. The normalized spacial score (nSPS) is 19.3. The maximum atomic E-state index is 12.6. The molecule has 136 valence electrons. The predicted molar refractivity (Wildman–Crippen MR) is 102 cm³/mol. The van der Waals surface area contributed by atoms with Crippen molar-refractivity contribution in [2.24, 2.45) is 0 Å². The van der Waals surface area contributed by atoms with E-state index in [0.29, 0.717) is 19.4 Å². The highest BCUT2D eigenvalue weighted by Crippen LogP contribution is 2.23. The first-order valence-corrected chi connectivity index (χ1v) is 11.5. The number of carbonyl (C=O) groups excluding carboxylic acids is 1. The van der Waals surface area contributed by atoms with Gasteiger partial charge in [-0.15, -0.1) is 11.3 Å². The molecule has 0 radical (unpaired) electrons. The largest absolute Gasteiger partial charge is 0.339 e. The van der Waals surface area contributed by atoms with Crippen LogP contribution in [0.1, 0.15) is 37.6 Å². The van der Waals surface area contributed by atoms with Crippen LogP contribution in [0.2, 0.25) is 0 Å². The zero-order valence-electron chi connectivity index (χ0n) is 14.5. The van der Waals surface area contributed by atoms with Crippen LogP contribution in [-0.4, -0.2) is 48.3 Å². The number of amides is 1. The molecule has 1 aromatic heterocycles. The highest BCUT2D eigenvalue weighted by molar-refractivity contribution is 7.91. The molecule has 3 rings (SSSR count). The maximum absolute atomic E-state index is 12.6. The molecule has 1 atom stereocenters. The summed E-state index contributed by atoms with van der Waals surface area (Å²) >= 11 is 1.68. The van der Waals surface area contributed by atoms with Crippen LogP contribution >= 0.6 is 11.3 Å². The Hall–Kier alpha value is -1.47. The summed E-state index contributed by atoms with van der Waals surface area (Å²) in [5.74, 6) is 0.401. The van der Waals surface area contributed by atoms with Crippen LogP contribution in [0, 0.1) is 0 Å². The number of hydrogen-bond acceptors (Lipinski definition) is 5. The van der Waals surface area contributed by atoms with Crippen LogP contribution in [-0.2, 0) is 21.1 Å². The molecule has 0 aliphatic carbocycles. The summed E-state index contributed by atoms with van der Waals surface area (Å²) in [5, 5.41) is 1.06.